The summed E-state index contributed by atoms with van der Waals surface area (Å²) in [5.41, 5.74) is 4.13. The van der Waals surface area contributed by atoms with Gasteiger partial charge in [-0.2, -0.15) is 0 Å². The van der Waals surface area contributed by atoms with Crippen molar-refractivity contribution in [3.63, 3.8) is 0 Å². The van der Waals surface area contributed by atoms with Crippen LogP contribution in [0.3, 0.4) is 0 Å². The number of aromatic nitrogens is 1. The number of halogens is 1. The molecule has 2 N–H and O–H groups in total. The minimum absolute atomic E-state index is 0.171. The van der Waals surface area contributed by atoms with Gasteiger partial charge in [0.25, 0.3) is 5.91 Å². The number of benzene rings is 2. The number of rotatable bonds is 4. The first-order valence-corrected chi connectivity index (χ1v) is 8.72. The number of nitrogens with one attached hydrogen (secondary N) is 2. The molecule has 136 valence electrons. The lowest BCUT2D eigenvalue weighted by Crippen LogP contribution is -2.12. The van der Waals surface area contributed by atoms with Crippen molar-refractivity contribution in [3.05, 3.63) is 76.9 Å². The van der Waals surface area contributed by atoms with Gasteiger partial charge in [-0.15, -0.1) is 0 Å². The zero-order valence-electron chi connectivity index (χ0n) is 14.9. The predicted molar refractivity (Wildman–Crippen MR) is 108 cm³/mol. The Bertz CT molecular complexity index is 1000. The third kappa shape index (κ3) is 4.51. The normalized spacial score (nSPS) is 10.3. The number of carbonyl (C=O) groups is 2. The molecule has 3 rings (SSSR count). The van der Waals surface area contributed by atoms with E-state index in [1.807, 2.05) is 13.0 Å². The van der Waals surface area contributed by atoms with Gasteiger partial charge >= 0.3 is 0 Å². The molecule has 6 heteroatoms. The van der Waals surface area contributed by atoms with Gasteiger partial charge in [0, 0.05) is 24.2 Å². The van der Waals surface area contributed by atoms with Gasteiger partial charge in [0.2, 0.25) is 5.91 Å². The second-order valence-corrected chi connectivity index (χ2v) is 6.50. The molecule has 0 radical (unpaired) electrons. The molecule has 3 aromatic rings. The summed E-state index contributed by atoms with van der Waals surface area (Å²) >= 11 is 6.17. The third-order valence-electron chi connectivity index (χ3n) is 3.91. The highest BCUT2D eigenvalue weighted by atomic mass is 35.5. The number of amides is 2. The van der Waals surface area contributed by atoms with Crippen LogP contribution < -0.4 is 10.6 Å². The van der Waals surface area contributed by atoms with Crippen LogP contribution in [-0.4, -0.2) is 16.8 Å². The lowest BCUT2D eigenvalue weighted by molar-refractivity contribution is -0.114. The van der Waals surface area contributed by atoms with E-state index in [-0.39, 0.29) is 11.8 Å². The fraction of sp³-hybridized carbons (Fsp3) is 0.0952. The second-order valence-electron chi connectivity index (χ2n) is 6.10. The van der Waals surface area contributed by atoms with Crippen LogP contribution in [0.1, 0.15) is 22.8 Å². The Morgan fingerprint density at radius 2 is 1.70 bits per heavy atom. The average molecular weight is 380 g/mol. The lowest BCUT2D eigenvalue weighted by Gasteiger charge is -2.10. The Balaban J connectivity index is 1.81. The first-order chi connectivity index (χ1) is 12.9. The van der Waals surface area contributed by atoms with Gasteiger partial charge in [0.05, 0.1) is 22.1 Å². The van der Waals surface area contributed by atoms with Crippen molar-refractivity contribution in [2.45, 2.75) is 13.8 Å². The zero-order valence-corrected chi connectivity index (χ0v) is 15.7. The average Bonchev–Trinajstić information content (AvgIpc) is 2.64. The highest BCUT2D eigenvalue weighted by molar-refractivity contribution is 6.34. The summed E-state index contributed by atoms with van der Waals surface area (Å²) in [6.07, 6.45) is 1.65. The minimum atomic E-state index is -0.254. The molecule has 1 aromatic heterocycles. The maximum Gasteiger partial charge on any atom is 0.255 e. The zero-order chi connectivity index (χ0) is 19.4. The summed E-state index contributed by atoms with van der Waals surface area (Å²) in [5.74, 6) is -0.425. The number of aryl methyl sites for hydroxylation is 1. The highest BCUT2D eigenvalue weighted by Gasteiger charge is 2.11. The Labute approximate surface area is 162 Å². The molecular formula is C21H18ClN3O2. The number of hydrogen-bond donors (Lipinski definition) is 2. The van der Waals surface area contributed by atoms with Crippen molar-refractivity contribution in [1.29, 1.82) is 0 Å². The van der Waals surface area contributed by atoms with Crippen LogP contribution in [0.2, 0.25) is 5.02 Å². The van der Waals surface area contributed by atoms with E-state index in [1.165, 1.54) is 6.92 Å². The molecule has 0 aliphatic heterocycles. The molecule has 0 atom stereocenters. The molecule has 5 nitrogen and oxygen atoms in total. The molecule has 0 bridgehead atoms. The van der Waals surface area contributed by atoms with Crippen molar-refractivity contribution in [1.82, 2.24) is 4.98 Å². The Kier molecular flexibility index (Phi) is 5.52. The Morgan fingerprint density at radius 1 is 0.963 bits per heavy atom. The summed E-state index contributed by atoms with van der Waals surface area (Å²) < 4.78 is 0. The first-order valence-electron chi connectivity index (χ1n) is 8.34. The second kappa shape index (κ2) is 8.01. The van der Waals surface area contributed by atoms with Gasteiger partial charge in [-0.05, 0) is 48.9 Å². The fourth-order valence-corrected chi connectivity index (χ4v) is 2.90. The summed E-state index contributed by atoms with van der Waals surface area (Å²) in [6.45, 7) is 3.38. The van der Waals surface area contributed by atoms with Gasteiger partial charge in [-0.1, -0.05) is 29.8 Å². The maximum atomic E-state index is 12.5. The van der Waals surface area contributed by atoms with Crippen LogP contribution in [0.25, 0.3) is 11.3 Å². The van der Waals surface area contributed by atoms with E-state index in [1.54, 1.807) is 54.7 Å². The minimum Gasteiger partial charge on any atom is -0.324 e. The monoisotopic (exact) mass is 379 g/mol. The molecule has 0 saturated heterocycles. The third-order valence-corrected chi connectivity index (χ3v) is 4.22. The number of carbonyl (C=O) groups excluding carboxylic acids is 2. The number of hydrogen-bond acceptors (Lipinski definition) is 3. The first kappa shape index (κ1) is 18.6. The van der Waals surface area contributed by atoms with Crippen LogP contribution in [-0.2, 0) is 4.79 Å². The van der Waals surface area contributed by atoms with E-state index in [0.717, 1.165) is 11.1 Å². The van der Waals surface area contributed by atoms with E-state index < -0.39 is 0 Å². The standard InChI is InChI=1S/C21H18ClN3O2/c1-13-5-10-18(17(22)12-13)25-21(27)16-8-6-15(7-9-16)20-19(24-14(2)26)4-3-11-23-20/h3-12H,1-2H3,(H,24,26)(H,25,27). The topological polar surface area (TPSA) is 71.1 Å². The molecule has 0 unspecified atom stereocenters. The lowest BCUT2D eigenvalue weighted by atomic mass is 10.1. The smallest absolute Gasteiger partial charge is 0.255 e. The summed E-state index contributed by atoms with van der Waals surface area (Å²) in [4.78, 5) is 28.2. The van der Waals surface area contributed by atoms with Crippen molar-refractivity contribution < 1.29 is 9.59 Å². The SMILES string of the molecule is CC(=O)Nc1cccnc1-c1ccc(C(=O)Nc2ccc(C)cc2Cl)cc1. The fourth-order valence-electron chi connectivity index (χ4n) is 2.62. The molecule has 2 amide bonds. The summed E-state index contributed by atoms with van der Waals surface area (Å²) in [5, 5.41) is 6.06. The van der Waals surface area contributed by atoms with E-state index in [4.69, 9.17) is 11.6 Å². The largest absolute Gasteiger partial charge is 0.324 e. The number of pyridine rings is 1. The van der Waals surface area contributed by atoms with E-state index >= 15 is 0 Å². The van der Waals surface area contributed by atoms with Gasteiger partial charge in [0.1, 0.15) is 0 Å². The van der Waals surface area contributed by atoms with Gasteiger partial charge in [0.15, 0.2) is 0 Å². The van der Waals surface area contributed by atoms with E-state index in [0.29, 0.717) is 27.7 Å². The van der Waals surface area contributed by atoms with Crippen LogP contribution >= 0.6 is 11.6 Å². The van der Waals surface area contributed by atoms with Crippen molar-refractivity contribution in [2.24, 2.45) is 0 Å². The Morgan fingerprint density at radius 3 is 2.37 bits per heavy atom. The van der Waals surface area contributed by atoms with Crippen LogP contribution in [0, 0.1) is 6.92 Å². The molecule has 27 heavy (non-hydrogen) atoms. The van der Waals surface area contributed by atoms with Crippen molar-refractivity contribution in [2.75, 3.05) is 10.6 Å². The van der Waals surface area contributed by atoms with Crippen LogP contribution in [0.4, 0.5) is 11.4 Å². The van der Waals surface area contributed by atoms with E-state index in [2.05, 4.69) is 15.6 Å². The molecule has 0 aliphatic carbocycles. The molecule has 2 aromatic carbocycles. The quantitative estimate of drug-likeness (QED) is 0.675. The van der Waals surface area contributed by atoms with Crippen molar-refractivity contribution >= 4 is 34.8 Å². The molecule has 1 heterocycles. The van der Waals surface area contributed by atoms with Crippen molar-refractivity contribution in [3.8, 4) is 11.3 Å². The highest BCUT2D eigenvalue weighted by Crippen LogP contribution is 2.27. The summed E-state index contributed by atoms with van der Waals surface area (Å²) in [7, 11) is 0. The number of anilines is 2. The molecule has 0 aliphatic rings. The molecule has 0 saturated carbocycles. The van der Waals surface area contributed by atoms with E-state index in [9.17, 15) is 9.59 Å². The van der Waals surface area contributed by atoms with Gasteiger partial charge in [-0.25, -0.2) is 0 Å². The van der Waals surface area contributed by atoms with Crippen LogP contribution in [0.5, 0.6) is 0 Å². The molecular weight excluding hydrogens is 362 g/mol. The molecule has 0 fully saturated rings. The predicted octanol–water partition coefficient (Wildman–Crippen LogP) is 4.92. The maximum absolute atomic E-state index is 12.5. The van der Waals surface area contributed by atoms with Gasteiger partial charge in [-0.3, -0.25) is 14.6 Å². The number of nitrogens with zero attached hydrogens (tertiary/aromatic N) is 1. The van der Waals surface area contributed by atoms with Gasteiger partial charge < -0.3 is 10.6 Å². The Hall–Kier alpha value is -3.18. The summed E-state index contributed by atoms with van der Waals surface area (Å²) in [6, 6.07) is 16.0. The van der Waals surface area contributed by atoms with Crippen LogP contribution in [0.15, 0.2) is 60.8 Å². The molecule has 0 spiro atoms.